The molecule has 0 spiro atoms. The van der Waals surface area contributed by atoms with Crippen LogP contribution in [0.2, 0.25) is 0 Å². The van der Waals surface area contributed by atoms with Gasteiger partial charge in [0.15, 0.2) is 5.17 Å². The normalized spacial score (nSPS) is 18.8. The summed E-state index contributed by atoms with van der Waals surface area (Å²) in [6.07, 6.45) is -0.288. The zero-order chi connectivity index (χ0) is 22.1. The third-order valence-corrected chi connectivity index (χ3v) is 5.56. The summed E-state index contributed by atoms with van der Waals surface area (Å²) in [5, 5.41) is 19.6. The Morgan fingerprint density at radius 2 is 1.71 bits per heavy atom. The van der Waals surface area contributed by atoms with Crippen molar-refractivity contribution in [2.24, 2.45) is 5.10 Å². The van der Waals surface area contributed by atoms with Crippen LogP contribution in [0.5, 0.6) is 0 Å². The van der Waals surface area contributed by atoms with Gasteiger partial charge in [0, 0.05) is 12.5 Å². The lowest BCUT2D eigenvalue weighted by molar-refractivity contribution is -0.383. The Kier molecular flexibility index (Phi) is 5.21. The number of amidine groups is 1. The summed E-state index contributed by atoms with van der Waals surface area (Å²) in [5.74, 6) is -2.36. The Labute approximate surface area is 178 Å². The van der Waals surface area contributed by atoms with Crippen molar-refractivity contribution in [2.45, 2.75) is 11.7 Å². The van der Waals surface area contributed by atoms with Crippen molar-refractivity contribution >= 4 is 51.9 Å². The molecule has 2 aliphatic heterocycles. The molecule has 0 aliphatic carbocycles. The van der Waals surface area contributed by atoms with Gasteiger partial charge in [0.25, 0.3) is 17.5 Å². The molecule has 1 atom stereocenters. The molecule has 0 saturated carbocycles. The largest absolute Gasteiger partial charge is 0.320 e. The molecule has 2 aromatic carbocycles. The smallest absolute Gasteiger partial charge is 0.292 e. The summed E-state index contributed by atoms with van der Waals surface area (Å²) in [4.78, 5) is 59.7. The number of hydrogen-bond acceptors (Lipinski definition) is 8. The van der Waals surface area contributed by atoms with Gasteiger partial charge in [-0.15, -0.1) is 5.10 Å². The lowest BCUT2D eigenvalue weighted by Gasteiger charge is -2.08. The van der Waals surface area contributed by atoms with Gasteiger partial charge in [0.2, 0.25) is 11.8 Å². The van der Waals surface area contributed by atoms with Crippen molar-refractivity contribution in [1.82, 2.24) is 10.3 Å². The number of rotatable bonds is 5. The van der Waals surface area contributed by atoms with E-state index >= 15 is 0 Å². The van der Waals surface area contributed by atoms with Gasteiger partial charge in [0.1, 0.15) is 10.9 Å². The van der Waals surface area contributed by atoms with Crippen molar-refractivity contribution in [2.75, 3.05) is 5.32 Å². The summed E-state index contributed by atoms with van der Waals surface area (Å²) in [6.45, 7) is 0. The second-order valence-corrected chi connectivity index (χ2v) is 7.69. The summed E-state index contributed by atoms with van der Waals surface area (Å²) >= 11 is 0.886. The summed E-state index contributed by atoms with van der Waals surface area (Å²) in [7, 11) is 0. The average Bonchev–Trinajstić information content (AvgIpc) is 3.20. The molecule has 2 aliphatic rings. The molecule has 4 amide bonds. The van der Waals surface area contributed by atoms with Crippen LogP contribution in [0.4, 0.5) is 11.4 Å². The first-order valence-electron chi connectivity index (χ1n) is 8.92. The van der Waals surface area contributed by atoms with Gasteiger partial charge in [-0.05, 0) is 18.2 Å². The first-order valence-corrected chi connectivity index (χ1v) is 9.80. The van der Waals surface area contributed by atoms with Gasteiger partial charge in [-0.1, -0.05) is 36.0 Å². The van der Waals surface area contributed by atoms with E-state index < -0.39 is 33.8 Å². The Balaban J connectivity index is 1.43. The topological polar surface area (TPSA) is 151 Å². The van der Waals surface area contributed by atoms with Gasteiger partial charge in [-0.3, -0.25) is 29.3 Å². The Bertz CT molecular complexity index is 1140. The fourth-order valence-electron chi connectivity index (χ4n) is 3.05. The van der Waals surface area contributed by atoms with Crippen molar-refractivity contribution in [3.8, 4) is 0 Å². The molecule has 2 N–H and O–H groups in total. The first-order chi connectivity index (χ1) is 14.8. The van der Waals surface area contributed by atoms with E-state index in [0.29, 0.717) is 5.01 Å². The predicted octanol–water partition coefficient (Wildman–Crippen LogP) is 1.72. The highest BCUT2D eigenvalue weighted by Gasteiger charge is 2.38. The Morgan fingerprint density at radius 3 is 2.35 bits per heavy atom. The van der Waals surface area contributed by atoms with Crippen LogP contribution in [0.15, 0.2) is 53.6 Å². The van der Waals surface area contributed by atoms with E-state index in [2.05, 4.69) is 15.7 Å². The molecule has 0 aromatic heterocycles. The number of nitrogens with one attached hydrogen (secondary N) is 2. The zero-order valence-electron chi connectivity index (χ0n) is 15.6. The fourth-order valence-corrected chi connectivity index (χ4v) is 4.01. The molecule has 11 nitrogen and oxygen atoms in total. The number of nitrogens with zero attached hydrogens (tertiary/aromatic N) is 3. The molecule has 0 radical (unpaired) electrons. The number of para-hydroxylation sites is 2. The molecule has 0 bridgehead atoms. The van der Waals surface area contributed by atoms with Crippen LogP contribution >= 0.6 is 11.8 Å². The fraction of sp³-hybridized carbons (Fsp3) is 0.105. The van der Waals surface area contributed by atoms with E-state index in [4.69, 9.17) is 0 Å². The number of nitro groups is 1. The number of fused-ring (bicyclic) bond motifs is 1. The molecular weight excluding hydrogens is 426 g/mol. The molecule has 31 heavy (non-hydrogen) atoms. The molecule has 2 aromatic rings. The van der Waals surface area contributed by atoms with E-state index in [-0.39, 0.29) is 34.1 Å². The maximum absolute atomic E-state index is 12.4. The van der Waals surface area contributed by atoms with Gasteiger partial charge in [0.05, 0.1) is 16.1 Å². The van der Waals surface area contributed by atoms with Crippen molar-refractivity contribution in [1.29, 1.82) is 0 Å². The molecule has 4 rings (SSSR count). The quantitative estimate of drug-likeness (QED) is 0.409. The molecule has 0 unspecified atom stereocenters. The molecule has 2 heterocycles. The number of hydrazone groups is 1. The van der Waals surface area contributed by atoms with Crippen LogP contribution in [0.3, 0.4) is 0 Å². The second-order valence-electron chi connectivity index (χ2n) is 6.50. The number of imide groups is 1. The standard InChI is InChI=1S/C19H13N5O6S/c25-15(20-12-7-3-4-8-13(12)24(29)30)9-14-16(26)21-19(31-14)22-23-17(27)10-5-1-2-6-11(10)18(23)28/h1-8,14H,9H2,(H,20,25)(H,21,22,26)/t14-/m1/s1. The maximum atomic E-state index is 12.4. The number of anilines is 1. The number of hydrogen-bond donors (Lipinski definition) is 2. The van der Waals surface area contributed by atoms with Crippen LogP contribution in [-0.2, 0) is 9.59 Å². The number of nitro benzene ring substituents is 1. The van der Waals surface area contributed by atoms with Crippen LogP contribution in [0, 0.1) is 10.1 Å². The minimum Gasteiger partial charge on any atom is -0.320 e. The van der Waals surface area contributed by atoms with E-state index in [1.165, 1.54) is 36.4 Å². The van der Waals surface area contributed by atoms with Crippen molar-refractivity contribution in [3.63, 3.8) is 0 Å². The lowest BCUT2D eigenvalue weighted by atomic mass is 10.1. The molecule has 12 heteroatoms. The lowest BCUT2D eigenvalue weighted by Crippen LogP contribution is -2.30. The van der Waals surface area contributed by atoms with E-state index in [1.807, 2.05) is 0 Å². The summed E-state index contributed by atoms with van der Waals surface area (Å²) in [6, 6.07) is 11.9. The van der Waals surface area contributed by atoms with E-state index in [0.717, 1.165) is 11.8 Å². The van der Waals surface area contributed by atoms with Gasteiger partial charge in [-0.25, -0.2) is 0 Å². The zero-order valence-corrected chi connectivity index (χ0v) is 16.4. The molecule has 1 fully saturated rings. The number of carbonyl (C=O) groups excluding carboxylic acids is 4. The highest BCUT2D eigenvalue weighted by molar-refractivity contribution is 8.15. The van der Waals surface area contributed by atoms with Crippen molar-refractivity contribution < 1.29 is 24.1 Å². The van der Waals surface area contributed by atoms with Crippen LogP contribution in [0.1, 0.15) is 27.1 Å². The third-order valence-electron chi connectivity index (χ3n) is 4.49. The first kappa shape index (κ1) is 20.2. The predicted molar refractivity (Wildman–Crippen MR) is 110 cm³/mol. The van der Waals surface area contributed by atoms with Crippen molar-refractivity contribution in [3.05, 3.63) is 69.8 Å². The molecule has 156 valence electrons. The third kappa shape index (κ3) is 3.88. The van der Waals surface area contributed by atoms with E-state index in [1.54, 1.807) is 12.1 Å². The Morgan fingerprint density at radius 1 is 1.10 bits per heavy atom. The SMILES string of the molecule is O=C(C[C@H]1S/C(=N\N2C(=O)c3ccccc3C2=O)NC1=O)Nc1ccccc1[N+](=O)[O-]. The highest BCUT2D eigenvalue weighted by Crippen LogP contribution is 2.28. The van der Waals surface area contributed by atoms with E-state index in [9.17, 15) is 29.3 Å². The van der Waals surface area contributed by atoms with Gasteiger partial charge in [-0.2, -0.15) is 5.01 Å². The number of amides is 4. The van der Waals surface area contributed by atoms with Gasteiger partial charge >= 0.3 is 0 Å². The molecule has 1 saturated heterocycles. The van der Waals surface area contributed by atoms with Crippen LogP contribution in [-0.4, -0.2) is 44.0 Å². The van der Waals surface area contributed by atoms with Crippen LogP contribution < -0.4 is 10.6 Å². The number of benzene rings is 2. The minimum absolute atomic E-state index is 0.00278. The highest BCUT2D eigenvalue weighted by atomic mass is 32.2. The second kappa shape index (κ2) is 7.99. The minimum atomic E-state index is -0.878. The van der Waals surface area contributed by atoms with Gasteiger partial charge < -0.3 is 10.6 Å². The monoisotopic (exact) mass is 439 g/mol. The summed E-state index contributed by atoms with van der Waals surface area (Å²) < 4.78 is 0. The summed E-state index contributed by atoms with van der Waals surface area (Å²) in [5.41, 5.74) is 0.172. The Hall–Kier alpha value is -4.06. The molecular formula is C19H13N5O6S. The number of carbonyl (C=O) groups is 4. The van der Waals surface area contributed by atoms with Crippen LogP contribution in [0.25, 0.3) is 0 Å². The average molecular weight is 439 g/mol. The maximum Gasteiger partial charge on any atom is 0.292 e. The number of thioether (sulfide) groups is 1.